The molecular formula is C24H32FN5O. The predicted octanol–water partition coefficient (Wildman–Crippen LogP) is 3.75. The number of hydrogen-bond acceptors (Lipinski definition) is 4. The molecule has 3 heterocycles. The molecule has 0 amide bonds. The molecule has 2 saturated heterocycles. The van der Waals surface area contributed by atoms with Gasteiger partial charge in [-0.15, -0.1) is 0 Å². The zero-order valence-electron chi connectivity index (χ0n) is 18.4. The van der Waals surface area contributed by atoms with E-state index in [-0.39, 0.29) is 18.0 Å². The SMILES string of the molecule is CN=C(NCc1ccnc(N2CCCCC2)c1)N1CC(C)OC(c2ccc(F)cc2)C1. The molecule has 6 nitrogen and oxygen atoms in total. The summed E-state index contributed by atoms with van der Waals surface area (Å²) in [6.45, 7) is 6.34. The van der Waals surface area contributed by atoms with Crippen LogP contribution in [0.15, 0.2) is 47.6 Å². The van der Waals surface area contributed by atoms with Crippen LogP contribution in [0.25, 0.3) is 0 Å². The van der Waals surface area contributed by atoms with E-state index in [0.29, 0.717) is 13.1 Å². The topological polar surface area (TPSA) is 53.0 Å². The highest BCUT2D eigenvalue weighted by Crippen LogP contribution is 2.25. The minimum Gasteiger partial charge on any atom is -0.367 e. The van der Waals surface area contributed by atoms with Crippen LogP contribution in [0.3, 0.4) is 0 Å². The van der Waals surface area contributed by atoms with Crippen LogP contribution in [0.2, 0.25) is 0 Å². The minimum absolute atomic E-state index is 0.0500. The van der Waals surface area contributed by atoms with Crippen molar-refractivity contribution in [3.8, 4) is 0 Å². The Balaban J connectivity index is 1.40. The maximum atomic E-state index is 13.3. The summed E-state index contributed by atoms with van der Waals surface area (Å²) in [5.74, 6) is 1.67. The standard InChI is InChI=1S/C24H32FN5O/c1-18-16-30(17-22(31-18)20-6-8-21(25)9-7-20)24(26-2)28-15-19-10-11-27-23(14-19)29-12-4-3-5-13-29/h6-11,14,18,22H,3-5,12-13,15-17H2,1-2H3,(H,26,28). The molecule has 1 aromatic carbocycles. The van der Waals surface area contributed by atoms with E-state index < -0.39 is 0 Å². The molecule has 2 aliphatic rings. The van der Waals surface area contributed by atoms with Crippen molar-refractivity contribution >= 4 is 11.8 Å². The summed E-state index contributed by atoms with van der Waals surface area (Å²) in [7, 11) is 1.81. The van der Waals surface area contributed by atoms with Gasteiger partial charge in [0.25, 0.3) is 0 Å². The van der Waals surface area contributed by atoms with E-state index in [0.717, 1.165) is 37.0 Å². The number of pyridine rings is 1. The first-order chi connectivity index (χ1) is 15.1. The highest BCUT2D eigenvalue weighted by Gasteiger charge is 2.28. The Kier molecular flexibility index (Phi) is 7.02. The largest absolute Gasteiger partial charge is 0.367 e. The Labute approximate surface area is 184 Å². The molecule has 2 aliphatic heterocycles. The van der Waals surface area contributed by atoms with Crippen molar-refractivity contribution in [1.82, 2.24) is 15.2 Å². The zero-order valence-corrected chi connectivity index (χ0v) is 18.4. The summed E-state index contributed by atoms with van der Waals surface area (Å²) in [5.41, 5.74) is 2.17. The fourth-order valence-corrected chi connectivity index (χ4v) is 4.37. The fourth-order valence-electron chi connectivity index (χ4n) is 4.37. The molecule has 31 heavy (non-hydrogen) atoms. The average Bonchev–Trinajstić information content (AvgIpc) is 2.80. The van der Waals surface area contributed by atoms with Crippen molar-refractivity contribution in [3.63, 3.8) is 0 Å². The molecule has 1 N–H and O–H groups in total. The third-order valence-electron chi connectivity index (χ3n) is 5.95. The molecule has 2 aromatic rings. The van der Waals surface area contributed by atoms with Crippen molar-refractivity contribution in [3.05, 3.63) is 59.5 Å². The lowest BCUT2D eigenvalue weighted by atomic mass is 10.1. The first-order valence-corrected chi connectivity index (χ1v) is 11.2. The monoisotopic (exact) mass is 425 g/mol. The van der Waals surface area contributed by atoms with Gasteiger partial charge < -0.3 is 19.9 Å². The first-order valence-electron chi connectivity index (χ1n) is 11.2. The molecule has 2 unspecified atom stereocenters. The molecule has 166 valence electrons. The number of morpholine rings is 1. The normalized spacial score (nSPS) is 22.5. The van der Waals surface area contributed by atoms with Crippen molar-refractivity contribution < 1.29 is 9.13 Å². The van der Waals surface area contributed by atoms with E-state index in [1.807, 2.05) is 6.20 Å². The van der Waals surface area contributed by atoms with Crippen LogP contribution < -0.4 is 10.2 Å². The summed E-state index contributed by atoms with van der Waals surface area (Å²) >= 11 is 0. The Morgan fingerprint density at radius 2 is 1.94 bits per heavy atom. The molecule has 2 fully saturated rings. The Morgan fingerprint density at radius 1 is 1.16 bits per heavy atom. The summed E-state index contributed by atoms with van der Waals surface area (Å²) in [6.07, 6.45) is 5.61. The third-order valence-corrected chi connectivity index (χ3v) is 5.95. The van der Waals surface area contributed by atoms with E-state index in [9.17, 15) is 4.39 Å². The van der Waals surface area contributed by atoms with Crippen LogP contribution in [0.1, 0.15) is 43.4 Å². The second-order valence-corrected chi connectivity index (χ2v) is 8.36. The van der Waals surface area contributed by atoms with Crippen molar-refractivity contribution in [2.24, 2.45) is 4.99 Å². The maximum Gasteiger partial charge on any atom is 0.194 e. The summed E-state index contributed by atoms with van der Waals surface area (Å²) in [5, 5.41) is 3.50. The number of piperidine rings is 1. The minimum atomic E-state index is -0.233. The molecule has 0 bridgehead atoms. The van der Waals surface area contributed by atoms with Gasteiger partial charge in [0.1, 0.15) is 17.7 Å². The van der Waals surface area contributed by atoms with E-state index >= 15 is 0 Å². The molecular weight excluding hydrogens is 393 g/mol. The second kappa shape index (κ2) is 10.1. The van der Waals surface area contributed by atoms with Gasteiger partial charge in [-0.3, -0.25) is 4.99 Å². The molecule has 7 heteroatoms. The highest BCUT2D eigenvalue weighted by molar-refractivity contribution is 5.80. The lowest BCUT2D eigenvalue weighted by Gasteiger charge is -2.38. The quantitative estimate of drug-likeness (QED) is 0.597. The zero-order chi connectivity index (χ0) is 21.6. The van der Waals surface area contributed by atoms with Gasteiger partial charge in [-0.05, 0) is 61.6 Å². The number of ether oxygens (including phenoxy) is 1. The molecule has 4 rings (SSSR count). The molecule has 0 aliphatic carbocycles. The number of halogens is 1. The van der Waals surface area contributed by atoms with Gasteiger partial charge in [-0.1, -0.05) is 12.1 Å². The van der Waals surface area contributed by atoms with Crippen LogP contribution in [-0.4, -0.2) is 55.2 Å². The van der Waals surface area contributed by atoms with Crippen LogP contribution >= 0.6 is 0 Å². The average molecular weight is 426 g/mol. The van der Waals surface area contributed by atoms with Gasteiger partial charge in [0, 0.05) is 39.4 Å². The number of nitrogens with one attached hydrogen (secondary N) is 1. The van der Waals surface area contributed by atoms with Crippen molar-refractivity contribution in [2.75, 3.05) is 38.1 Å². The Morgan fingerprint density at radius 3 is 2.68 bits per heavy atom. The number of hydrogen-bond donors (Lipinski definition) is 1. The molecule has 0 saturated carbocycles. The molecule has 1 aromatic heterocycles. The van der Waals surface area contributed by atoms with Gasteiger partial charge in [0.2, 0.25) is 0 Å². The Hall–Kier alpha value is -2.67. The van der Waals surface area contributed by atoms with E-state index in [2.05, 4.69) is 44.1 Å². The highest BCUT2D eigenvalue weighted by atomic mass is 19.1. The summed E-state index contributed by atoms with van der Waals surface area (Å²) in [6, 6.07) is 10.8. The van der Waals surface area contributed by atoms with Gasteiger partial charge in [-0.25, -0.2) is 9.37 Å². The van der Waals surface area contributed by atoms with E-state index in [1.54, 1.807) is 19.2 Å². The smallest absolute Gasteiger partial charge is 0.194 e. The second-order valence-electron chi connectivity index (χ2n) is 8.36. The number of nitrogens with zero attached hydrogens (tertiary/aromatic N) is 4. The van der Waals surface area contributed by atoms with Crippen molar-refractivity contribution in [2.45, 2.75) is 44.9 Å². The van der Waals surface area contributed by atoms with Crippen LogP contribution in [0.5, 0.6) is 0 Å². The Bertz CT molecular complexity index is 882. The third kappa shape index (κ3) is 5.53. The van der Waals surface area contributed by atoms with Gasteiger partial charge >= 0.3 is 0 Å². The number of aliphatic imine (C=N–C) groups is 1. The van der Waals surface area contributed by atoms with Gasteiger partial charge in [0.05, 0.1) is 12.6 Å². The van der Waals surface area contributed by atoms with Crippen LogP contribution in [-0.2, 0) is 11.3 Å². The molecule has 0 radical (unpaired) electrons. The number of benzene rings is 1. The summed E-state index contributed by atoms with van der Waals surface area (Å²) < 4.78 is 19.4. The lowest BCUT2D eigenvalue weighted by Crippen LogP contribution is -2.50. The number of aromatic nitrogens is 1. The number of guanidine groups is 1. The lowest BCUT2D eigenvalue weighted by molar-refractivity contribution is -0.0605. The van der Waals surface area contributed by atoms with Gasteiger partial charge in [0.15, 0.2) is 5.96 Å². The maximum absolute atomic E-state index is 13.3. The molecule has 2 atom stereocenters. The van der Waals surface area contributed by atoms with Crippen LogP contribution in [0.4, 0.5) is 10.2 Å². The number of rotatable bonds is 4. The summed E-state index contributed by atoms with van der Waals surface area (Å²) in [4.78, 5) is 13.7. The van der Waals surface area contributed by atoms with Gasteiger partial charge in [-0.2, -0.15) is 0 Å². The van der Waals surface area contributed by atoms with Crippen molar-refractivity contribution in [1.29, 1.82) is 0 Å². The first kappa shape index (κ1) is 21.6. The fraction of sp³-hybridized carbons (Fsp3) is 0.500. The molecule has 0 spiro atoms. The van der Waals surface area contributed by atoms with Crippen LogP contribution in [0, 0.1) is 5.82 Å². The van der Waals surface area contributed by atoms with E-state index in [4.69, 9.17) is 4.74 Å². The predicted molar refractivity (Wildman–Crippen MR) is 122 cm³/mol. The van der Waals surface area contributed by atoms with E-state index in [1.165, 1.54) is 37.0 Å². The number of anilines is 1.